The number of nitrogens with two attached hydrogens (primary N) is 1. The molecule has 2 N–H and O–H groups in total. The molecule has 1 aliphatic heterocycles. The van der Waals surface area contributed by atoms with Crippen molar-refractivity contribution >= 4 is 5.96 Å². The van der Waals surface area contributed by atoms with Gasteiger partial charge in [-0.2, -0.15) is 0 Å². The largest absolute Gasteiger partial charge is 0.370 e. The molecule has 0 spiro atoms. The minimum atomic E-state index is 0.576. The Morgan fingerprint density at radius 1 is 1.18 bits per heavy atom. The highest BCUT2D eigenvalue weighted by atomic mass is 15.2. The summed E-state index contributed by atoms with van der Waals surface area (Å²) in [6.45, 7) is 2.62. The topological polar surface area (TPSA) is 72.3 Å². The number of aromatic nitrogens is 3. The molecular weight excluding hydrogens is 276 g/mol. The van der Waals surface area contributed by atoms with Crippen LogP contribution in [0.25, 0.3) is 5.82 Å². The molecule has 3 heterocycles. The van der Waals surface area contributed by atoms with E-state index in [1.165, 1.54) is 25.7 Å². The van der Waals surface area contributed by atoms with Gasteiger partial charge < -0.3 is 10.6 Å². The van der Waals surface area contributed by atoms with E-state index < -0.39 is 0 Å². The summed E-state index contributed by atoms with van der Waals surface area (Å²) in [5, 5.41) is 0. The maximum Gasteiger partial charge on any atom is 0.191 e. The predicted octanol–water partition coefficient (Wildman–Crippen LogP) is 1.96. The number of aliphatic imine (C=N–C) groups is 1. The summed E-state index contributed by atoms with van der Waals surface area (Å²) in [5.41, 5.74) is 7.24. The van der Waals surface area contributed by atoms with Crippen molar-refractivity contribution in [2.24, 2.45) is 10.7 Å². The number of guanidine groups is 1. The lowest BCUT2D eigenvalue weighted by Gasteiger charge is -2.21. The molecule has 3 rings (SSSR count). The van der Waals surface area contributed by atoms with Gasteiger partial charge in [-0.3, -0.25) is 4.57 Å². The fraction of sp³-hybridized carbons (Fsp3) is 0.438. The number of hydrogen-bond donors (Lipinski definition) is 1. The molecule has 6 heteroatoms. The van der Waals surface area contributed by atoms with E-state index in [2.05, 4.69) is 19.9 Å². The van der Waals surface area contributed by atoms with E-state index in [0.29, 0.717) is 12.5 Å². The third kappa shape index (κ3) is 3.63. The molecule has 1 saturated heterocycles. The van der Waals surface area contributed by atoms with Crippen LogP contribution in [0.4, 0.5) is 0 Å². The fourth-order valence-corrected chi connectivity index (χ4v) is 2.67. The number of hydrogen-bond acceptors (Lipinski definition) is 3. The van der Waals surface area contributed by atoms with E-state index in [-0.39, 0.29) is 0 Å². The SMILES string of the molecule is NC(=NCc1ccnc(-n2ccnc2)c1)N1CCCCCC1. The Hall–Kier alpha value is -2.37. The van der Waals surface area contributed by atoms with Crippen LogP contribution in [0, 0.1) is 0 Å². The Morgan fingerprint density at radius 3 is 2.73 bits per heavy atom. The van der Waals surface area contributed by atoms with Crippen molar-refractivity contribution in [1.82, 2.24) is 19.4 Å². The molecule has 2 aromatic heterocycles. The molecule has 0 aliphatic carbocycles. The van der Waals surface area contributed by atoms with Gasteiger partial charge in [0.1, 0.15) is 12.1 Å². The number of imidazole rings is 1. The molecule has 0 amide bonds. The monoisotopic (exact) mass is 298 g/mol. The van der Waals surface area contributed by atoms with Crippen LogP contribution in [0.3, 0.4) is 0 Å². The second kappa shape index (κ2) is 7.06. The first kappa shape index (κ1) is 14.6. The van der Waals surface area contributed by atoms with E-state index in [0.717, 1.165) is 24.5 Å². The van der Waals surface area contributed by atoms with Crippen molar-refractivity contribution in [2.75, 3.05) is 13.1 Å². The van der Waals surface area contributed by atoms with Crippen molar-refractivity contribution in [3.05, 3.63) is 42.6 Å². The Morgan fingerprint density at radius 2 is 2.00 bits per heavy atom. The summed E-state index contributed by atoms with van der Waals surface area (Å²) >= 11 is 0. The molecule has 116 valence electrons. The Balaban J connectivity index is 1.67. The second-order valence-corrected chi connectivity index (χ2v) is 5.57. The van der Waals surface area contributed by atoms with Gasteiger partial charge in [0.05, 0.1) is 6.54 Å². The Labute approximate surface area is 130 Å². The molecule has 0 aromatic carbocycles. The molecule has 0 bridgehead atoms. The molecule has 1 aliphatic rings. The smallest absolute Gasteiger partial charge is 0.191 e. The zero-order valence-electron chi connectivity index (χ0n) is 12.7. The zero-order chi connectivity index (χ0) is 15.2. The van der Waals surface area contributed by atoms with E-state index in [1.807, 2.05) is 22.9 Å². The highest BCUT2D eigenvalue weighted by Gasteiger charge is 2.10. The molecule has 6 nitrogen and oxygen atoms in total. The number of rotatable bonds is 3. The maximum atomic E-state index is 6.14. The van der Waals surface area contributed by atoms with Gasteiger partial charge in [-0.05, 0) is 30.5 Å². The quantitative estimate of drug-likeness (QED) is 0.694. The highest BCUT2D eigenvalue weighted by Crippen LogP contribution is 2.11. The average Bonchev–Trinajstić information content (AvgIpc) is 2.95. The van der Waals surface area contributed by atoms with Gasteiger partial charge in [-0.1, -0.05) is 12.8 Å². The highest BCUT2D eigenvalue weighted by molar-refractivity contribution is 5.78. The summed E-state index contributed by atoms with van der Waals surface area (Å²) in [6, 6.07) is 3.99. The zero-order valence-corrected chi connectivity index (χ0v) is 12.7. The van der Waals surface area contributed by atoms with Gasteiger partial charge in [-0.25, -0.2) is 15.0 Å². The van der Waals surface area contributed by atoms with Crippen LogP contribution in [0.15, 0.2) is 42.0 Å². The van der Waals surface area contributed by atoms with Gasteiger partial charge >= 0.3 is 0 Å². The molecule has 0 unspecified atom stereocenters. The van der Waals surface area contributed by atoms with Crippen LogP contribution in [0.2, 0.25) is 0 Å². The first-order valence-electron chi connectivity index (χ1n) is 7.81. The third-order valence-electron chi connectivity index (χ3n) is 3.93. The summed E-state index contributed by atoms with van der Waals surface area (Å²) in [6.07, 6.45) is 12.1. The third-order valence-corrected chi connectivity index (χ3v) is 3.93. The lowest BCUT2D eigenvalue weighted by Crippen LogP contribution is -2.38. The van der Waals surface area contributed by atoms with Crippen LogP contribution in [0.5, 0.6) is 0 Å². The van der Waals surface area contributed by atoms with Crippen molar-refractivity contribution in [1.29, 1.82) is 0 Å². The lowest BCUT2D eigenvalue weighted by molar-refractivity contribution is 0.428. The normalized spacial score (nSPS) is 16.5. The average molecular weight is 298 g/mol. The summed E-state index contributed by atoms with van der Waals surface area (Å²) in [4.78, 5) is 15.1. The van der Waals surface area contributed by atoms with Crippen molar-refractivity contribution in [2.45, 2.75) is 32.2 Å². The van der Waals surface area contributed by atoms with Crippen molar-refractivity contribution in [3.63, 3.8) is 0 Å². The van der Waals surface area contributed by atoms with Gasteiger partial charge in [0.15, 0.2) is 5.96 Å². The summed E-state index contributed by atoms with van der Waals surface area (Å²) in [7, 11) is 0. The van der Waals surface area contributed by atoms with Gasteiger partial charge in [0.25, 0.3) is 0 Å². The summed E-state index contributed by atoms with van der Waals surface area (Å²) < 4.78 is 1.88. The van der Waals surface area contributed by atoms with Crippen LogP contribution in [0.1, 0.15) is 31.2 Å². The number of nitrogens with zero attached hydrogens (tertiary/aromatic N) is 5. The molecular formula is C16H22N6. The Bertz CT molecular complexity index is 611. The molecule has 2 aromatic rings. The molecule has 0 saturated carbocycles. The van der Waals surface area contributed by atoms with Gasteiger partial charge in [0, 0.05) is 31.7 Å². The molecule has 22 heavy (non-hydrogen) atoms. The second-order valence-electron chi connectivity index (χ2n) is 5.57. The van der Waals surface area contributed by atoms with E-state index in [9.17, 15) is 0 Å². The van der Waals surface area contributed by atoms with Crippen LogP contribution >= 0.6 is 0 Å². The van der Waals surface area contributed by atoms with E-state index >= 15 is 0 Å². The molecule has 0 radical (unpaired) electrons. The standard InChI is InChI=1S/C16H22N6/c17-16(21-8-3-1-2-4-9-21)20-12-14-5-6-19-15(11-14)22-10-7-18-13-22/h5-7,10-11,13H,1-4,8-9,12H2,(H2,17,20). The molecule has 1 fully saturated rings. The number of likely N-dealkylation sites (tertiary alicyclic amines) is 1. The van der Waals surface area contributed by atoms with Crippen molar-refractivity contribution < 1.29 is 0 Å². The van der Waals surface area contributed by atoms with Gasteiger partial charge in [-0.15, -0.1) is 0 Å². The minimum Gasteiger partial charge on any atom is -0.370 e. The lowest BCUT2D eigenvalue weighted by atomic mass is 10.2. The fourth-order valence-electron chi connectivity index (χ4n) is 2.67. The van der Waals surface area contributed by atoms with Gasteiger partial charge in [0.2, 0.25) is 0 Å². The van der Waals surface area contributed by atoms with E-state index in [4.69, 9.17) is 5.73 Å². The maximum absolute atomic E-state index is 6.14. The number of pyridine rings is 1. The van der Waals surface area contributed by atoms with Crippen LogP contribution < -0.4 is 5.73 Å². The first-order chi connectivity index (χ1) is 10.8. The summed E-state index contributed by atoms with van der Waals surface area (Å²) in [5.74, 6) is 1.50. The minimum absolute atomic E-state index is 0.576. The van der Waals surface area contributed by atoms with Crippen LogP contribution in [-0.4, -0.2) is 38.5 Å². The Kier molecular flexibility index (Phi) is 4.68. The van der Waals surface area contributed by atoms with Crippen molar-refractivity contribution in [3.8, 4) is 5.82 Å². The van der Waals surface area contributed by atoms with E-state index in [1.54, 1.807) is 18.7 Å². The molecule has 0 atom stereocenters. The first-order valence-corrected chi connectivity index (χ1v) is 7.81. The van der Waals surface area contributed by atoms with Crippen LogP contribution in [-0.2, 0) is 6.54 Å². The predicted molar refractivity (Wildman–Crippen MR) is 86.7 cm³/mol.